The van der Waals surface area contributed by atoms with Crippen molar-refractivity contribution < 1.29 is 0 Å². The van der Waals surface area contributed by atoms with Gasteiger partial charge in [0.05, 0.1) is 5.02 Å². The van der Waals surface area contributed by atoms with Gasteiger partial charge in [-0.1, -0.05) is 41.9 Å². The number of anilines is 1. The van der Waals surface area contributed by atoms with Crippen molar-refractivity contribution in [3.05, 3.63) is 65.2 Å². The summed E-state index contributed by atoms with van der Waals surface area (Å²) in [7, 11) is 0. The molecule has 108 valence electrons. The average Bonchev–Trinajstić information content (AvgIpc) is 3.28. The second kappa shape index (κ2) is 5.95. The number of benzene rings is 2. The minimum Gasteiger partial charge on any atom is -0.398 e. The lowest BCUT2D eigenvalue weighted by molar-refractivity contribution is 0.833. The summed E-state index contributed by atoms with van der Waals surface area (Å²) >= 11 is 6.63. The Labute approximate surface area is 131 Å². The summed E-state index contributed by atoms with van der Waals surface area (Å²) in [6.45, 7) is 3.79. The van der Waals surface area contributed by atoms with Gasteiger partial charge in [-0.2, -0.15) is 0 Å². The van der Waals surface area contributed by atoms with E-state index in [1.165, 1.54) is 18.4 Å². The first-order valence-corrected chi connectivity index (χ1v) is 7.84. The molecule has 1 aliphatic rings. The van der Waals surface area contributed by atoms with Gasteiger partial charge in [0.15, 0.2) is 0 Å². The Morgan fingerprint density at radius 1 is 1.19 bits per heavy atom. The van der Waals surface area contributed by atoms with Crippen LogP contribution in [0, 0.1) is 5.92 Å². The van der Waals surface area contributed by atoms with Crippen molar-refractivity contribution in [1.29, 1.82) is 0 Å². The summed E-state index contributed by atoms with van der Waals surface area (Å²) in [5.74, 6) is 0.834. The molecular weight excluding hydrogens is 278 g/mol. The first kappa shape index (κ1) is 14.2. The molecule has 21 heavy (non-hydrogen) atoms. The van der Waals surface area contributed by atoms with Crippen LogP contribution < -0.4 is 5.73 Å². The predicted octanol–water partition coefficient (Wildman–Crippen LogP) is 5.27. The van der Waals surface area contributed by atoms with Crippen LogP contribution in [0.15, 0.2) is 49.1 Å². The number of nitrogens with two attached hydrogens (primary N) is 1. The first-order chi connectivity index (χ1) is 10.2. The fraction of sp³-hybridized carbons (Fsp3) is 0.263. The van der Waals surface area contributed by atoms with Gasteiger partial charge in [0.2, 0.25) is 0 Å². The number of rotatable bonds is 5. The monoisotopic (exact) mass is 297 g/mol. The van der Waals surface area contributed by atoms with Gasteiger partial charge < -0.3 is 5.73 Å². The van der Waals surface area contributed by atoms with Crippen molar-refractivity contribution in [3.63, 3.8) is 0 Å². The third kappa shape index (κ3) is 3.14. The molecule has 0 spiro atoms. The van der Waals surface area contributed by atoms with Crippen LogP contribution in [0.25, 0.3) is 11.1 Å². The number of halogens is 1. The molecule has 2 aromatic carbocycles. The molecule has 0 bridgehead atoms. The highest BCUT2D eigenvalue weighted by Crippen LogP contribution is 2.38. The lowest BCUT2D eigenvalue weighted by Crippen LogP contribution is -1.95. The standard InChI is InChI=1S/C19H20ClN/c1-2-4-15-12-14(9-10-18(15)21)17-6-3-5-16(19(17)20)11-13-7-8-13/h2-3,5-6,9-10,12-13H,1,4,7-8,11,21H2. The Bertz CT molecular complexity index is 671. The van der Waals surface area contributed by atoms with Crippen molar-refractivity contribution in [2.45, 2.75) is 25.7 Å². The molecule has 0 saturated heterocycles. The smallest absolute Gasteiger partial charge is 0.0516 e. The number of hydrogen-bond donors (Lipinski definition) is 1. The Morgan fingerprint density at radius 2 is 2.00 bits per heavy atom. The minimum atomic E-state index is 0.777. The van der Waals surface area contributed by atoms with Crippen LogP contribution in [0.4, 0.5) is 5.69 Å². The van der Waals surface area contributed by atoms with Gasteiger partial charge >= 0.3 is 0 Å². The summed E-state index contributed by atoms with van der Waals surface area (Å²) in [6.07, 6.45) is 6.43. The van der Waals surface area contributed by atoms with E-state index < -0.39 is 0 Å². The molecule has 1 saturated carbocycles. The highest BCUT2D eigenvalue weighted by Gasteiger charge is 2.23. The Kier molecular flexibility index (Phi) is 4.03. The lowest BCUT2D eigenvalue weighted by atomic mass is 9.97. The fourth-order valence-corrected chi connectivity index (χ4v) is 3.01. The maximum Gasteiger partial charge on any atom is 0.0516 e. The maximum absolute atomic E-state index is 6.63. The number of allylic oxidation sites excluding steroid dienone is 1. The topological polar surface area (TPSA) is 26.0 Å². The normalized spacial score (nSPS) is 14.1. The van der Waals surface area contributed by atoms with Gasteiger partial charge in [0.1, 0.15) is 0 Å². The Balaban J connectivity index is 1.99. The summed E-state index contributed by atoms with van der Waals surface area (Å²) in [5.41, 5.74) is 11.4. The molecule has 2 N–H and O–H groups in total. The van der Waals surface area contributed by atoms with Gasteiger partial charge in [-0.25, -0.2) is 0 Å². The third-order valence-corrected chi connectivity index (χ3v) is 4.55. The molecule has 0 radical (unpaired) electrons. The molecule has 2 heteroatoms. The maximum atomic E-state index is 6.63. The molecule has 2 aromatic rings. The van der Waals surface area contributed by atoms with Crippen molar-refractivity contribution in [3.8, 4) is 11.1 Å². The van der Waals surface area contributed by atoms with Crippen molar-refractivity contribution in [2.75, 3.05) is 5.73 Å². The first-order valence-electron chi connectivity index (χ1n) is 7.46. The van der Waals surface area contributed by atoms with E-state index in [2.05, 4.69) is 30.8 Å². The molecular formula is C19H20ClN. The molecule has 0 unspecified atom stereocenters. The van der Waals surface area contributed by atoms with Gasteiger partial charge in [-0.15, -0.1) is 6.58 Å². The largest absolute Gasteiger partial charge is 0.398 e. The van der Waals surface area contributed by atoms with E-state index in [0.717, 1.165) is 46.2 Å². The summed E-state index contributed by atoms with van der Waals surface area (Å²) in [5, 5.41) is 0.888. The molecule has 3 rings (SSSR count). The zero-order valence-corrected chi connectivity index (χ0v) is 12.9. The zero-order chi connectivity index (χ0) is 14.8. The zero-order valence-electron chi connectivity index (χ0n) is 12.1. The molecule has 1 nitrogen and oxygen atoms in total. The second-order valence-corrected chi connectivity index (χ2v) is 6.21. The lowest BCUT2D eigenvalue weighted by Gasteiger charge is -2.12. The van der Waals surface area contributed by atoms with E-state index in [4.69, 9.17) is 17.3 Å². The molecule has 1 fully saturated rings. The van der Waals surface area contributed by atoms with Crippen LogP contribution in [0.5, 0.6) is 0 Å². The molecule has 0 atom stereocenters. The Morgan fingerprint density at radius 3 is 2.71 bits per heavy atom. The Hall–Kier alpha value is -1.73. The van der Waals surface area contributed by atoms with Crippen LogP contribution in [0.1, 0.15) is 24.0 Å². The fourth-order valence-electron chi connectivity index (χ4n) is 2.70. The highest BCUT2D eigenvalue weighted by molar-refractivity contribution is 6.34. The van der Waals surface area contributed by atoms with Crippen LogP contribution in [0.2, 0.25) is 5.02 Å². The molecule has 0 heterocycles. The SMILES string of the molecule is C=CCc1cc(-c2cccc(CC3CC3)c2Cl)ccc1N. The average molecular weight is 298 g/mol. The number of nitrogen functional groups attached to an aromatic ring is 1. The summed E-state index contributed by atoms with van der Waals surface area (Å²) in [4.78, 5) is 0. The van der Waals surface area contributed by atoms with Crippen LogP contribution >= 0.6 is 11.6 Å². The van der Waals surface area contributed by atoms with Crippen molar-refractivity contribution in [1.82, 2.24) is 0 Å². The van der Waals surface area contributed by atoms with Crippen LogP contribution in [-0.4, -0.2) is 0 Å². The van der Waals surface area contributed by atoms with Crippen molar-refractivity contribution >= 4 is 17.3 Å². The summed E-state index contributed by atoms with van der Waals surface area (Å²) in [6, 6.07) is 12.5. The van der Waals surface area contributed by atoms with E-state index in [-0.39, 0.29) is 0 Å². The number of hydrogen-bond acceptors (Lipinski definition) is 1. The highest BCUT2D eigenvalue weighted by atomic mass is 35.5. The van der Waals surface area contributed by atoms with E-state index in [1.54, 1.807) is 0 Å². The van der Waals surface area contributed by atoms with Crippen molar-refractivity contribution in [2.24, 2.45) is 5.92 Å². The van der Waals surface area contributed by atoms with Crippen LogP contribution in [-0.2, 0) is 12.8 Å². The molecule has 1 aliphatic carbocycles. The quantitative estimate of drug-likeness (QED) is 0.590. The van der Waals surface area contributed by atoms with Gasteiger partial charge in [0, 0.05) is 11.3 Å². The second-order valence-electron chi connectivity index (χ2n) is 5.83. The third-order valence-electron chi connectivity index (χ3n) is 4.10. The van der Waals surface area contributed by atoms with E-state index >= 15 is 0 Å². The van der Waals surface area contributed by atoms with E-state index in [9.17, 15) is 0 Å². The molecule has 0 amide bonds. The predicted molar refractivity (Wildman–Crippen MR) is 91.6 cm³/mol. The van der Waals surface area contributed by atoms with E-state index in [1.807, 2.05) is 18.2 Å². The van der Waals surface area contributed by atoms with Crippen LogP contribution in [0.3, 0.4) is 0 Å². The molecule has 0 aromatic heterocycles. The van der Waals surface area contributed by atoms with Gasteiger partial charge in [-0.3, -0.25) is 0 Å². The van der Waals surface area contributed by atoms with Gasteiger partial charge in [-0.05, 0) is 60.4 Å². The van der Waals surface area contributed by atoms with Gasteiger partial charge in [0.25, 0.3) is 0 Å². The molecule has 0 aliphatic heterocycles. The minimum absolute atomic E-state index is 0.777. The summed E-state index contributed by atoms with van der Waals surface area (Å²) < 4.78 is 0. The van der Waals surface area contributed by atoms with E-state index in [0.29, 0.717) is 0 Å².